The number of benzene rings is 1. The van der Waals surface area contributed by atoms with Crippen molar-refractivity contribution < 1.29 is 5.11 Å². The summed E-state index contributed by atoms with van der Waals surface area (Å²) >= 11 is 3.49. The lowest BCUT2D eigenvalue weighted by Crippen LogP contribution is -2.28. The van der Waals surface area contributed by atoms with Crippen LogP contribution in [0.4, 0.5) is 0 Å². The molecule has 2 heteroatoms. The van der Waals surface area contributed by atoms with Crippen molar-refractivity contribution in [3.63, 3.8) is 0 Å². The van der Waals surface area contributed by atoms with Gasteiger partial charge in [-0.15, -0.1) is 0 Å². The molecule has 0 spiro atoms. The highest BCUT2D eigenvalue weighted by Gasteiger charge is 2.31. The van der Waals surface area contributed by atoms with Crippen LogP contribution in [0, 0.1) is 6.92 Å². The Labute approximate surface area is 99.6 Å². The van der Waals surface area contributed by atoms with Gasteiger partial charge in [0.15, 0.2) is 0 Å². The molecule has 1 saturated carbocycles. The van der Waals surface area contributed by atoms with Gasteiger partial charge in [0.2, 0.25) is 0 Å². The highest BCUT2D eigenvalue weighted by Crippen LogP contribution is 2.38. The second-order valence-electron chi connectivity index (χ2n) is 4.61. The molecule has 1 fully saturated rings. The molecule has 0 bridgehead atoms. The van der Waals surface area contributed by atoms with Crippen LogP contribution in [0.2, 0.25) is 0 Å². The number of hydrogen-bond acceptors (Lipinski definition) is 1. The summed E-state index contributed by atoms with van der Waals surface area (Å²) in [4.78, 5) is 0. The van der Waals surface area contributed by atoms with Crippen molar-refractivity contribution >= 4 is 15.9 Å². The van der Waals surface area contributed by atoms with E-state index in [1.165, 1.54) is 12.0 Å². The quantitative estimate of drug-likeness (QED) is 0.819. The Morgan fingerprint density at radius 1 is 1.13 bits per heavy atom. The van der Waals surface area contributed by atoms with Crippen molar-refractivity contribution in [3.8, 4) is 0 Å². The SMILES string of the molecule is Cc1cc(Br)cc(C2(O)CCCCC2)c1. The summed E-state index contributed by atoms with van der Waals surface area (Å²) < 4.78 is 1.07. The highest BCUT2D eigenvalue weighted by atomic mass is 79.9. The summed E-state index contributed by atoms with van der Waals surface area (Å²) in [6.07, 6.45) is 5.35. The van der Waals surface area contributed by atoms with Crippen LogP contribution in [0.5, 0.6) is 0 Å². The van der Waals surface area contributed by atoms with Crippen molar-refractivity contribution in [1.29, 1.82) is 0 Å². The monoisotopic (exact) mass is 268 g/mol. The van der Waals surface area contributed by atoms with Gasteiger partial charge >= 0.3 is 0 Å². The third-order valence-electron chi connectivity index (χ3n) is 3.26. The first-order valence-corrected chi connectivity index (χ1v) is 6.39. The molecule has 0 amide bonds. The summed E-state index contributed by atoms with van der Waals surface area (Å²) in [6.45, 7) is 2.07. The molecule has 0 saturated heterocycles. The number of aryl methyl sites for hydroxylation is 1. The van der Waals surface area contributed by atoms with Gasteiger partial charge in [-0.25, -0.2) is 0 Å². The molecule has 0 unspecified atom stereocenters. The van der Waals surface area contributed by atoms with E-state index in [2.05, 4.69) is 41.1 Å². The van der Waals surface area contributed by atoms with Gasteiger partial charge < -0.3 is 5.11 Å². The van der Waals surface area contributed by atoms with E-state index in [1.54, 1.807) is 0 Å². The summed E-state index contributed by atoms with van der Waals surface area (Å²) in [6, 6.07) is 6.24. The Kier molecular flexibility index (Phi) is 3.17. The van der Waals surface area contributed by atoms with Crippen molar-refractivity contribution in [1.82, 2.24) is 0 Å². The lowest BCUT2D eigenvalue weighted by molar-refractivity contribution is -0.000724. The average Bonchev–Trinajstić information content (AvgIpc) is 2.17. The van der Waals surface area contributed by atoms with Crippen LogP contribution in [0.15, 0.2) is 22.7 Å². The first-order valence-electron chi connectivity index (χ1n) is 5.60. The summed E-state index contributed by atoms with van der Waals surface area (Å²) in [5.41, 5.74) is 1.71. The minimum Gasteiger partial charge on any atom is -0.385 e. The minimum absolute atomic E-state index is 0.577. The van der Waals surface area contributed by atoms with Gasteiger partial charge in [-0.2, -0.15) is 0 Å². The predicted octanol–water partition coefficient (Wildman–Crippen LogP) is 3.91. The topological polar surface area (TPSA) is 20.2 Å². The molecule has 82 valence electrons. The molecule has 0 heterocycles. The lowest BCUT2D eigenvalue weighted by Gasteiger charge is -2.33. The van der Waals surface area contributed by atoms with E-state index >= 15 is 0 Å². The minimum atomic E-state index is -0.577. The van der Waals surface area contributed by atoms with Crippen molar-refractivity contribution in [2.75, 3.05) is 0 Å². The standard InChI is InChI=1S/C13H17BrO/c1-10-7-11(9-12(14)8-10)13(15)5-3-2-4-6-13/h7-9,15H,2-6H2,1H3. The van der Waals surface area contributed by atoms with Gasteiger partial charge in [0.25, 0.3) is 0 Å². The van der Waals surface area contributed by atoms with E-state index in [0.29, 0.717) is 0 Å². The Hall–Kier alpha value is -0.340. The molecule has 0 atom stereocenters. The second-order valence-corrected chi connectivity index (χ2v) is 5.53. The third-order valence-corrected chi connectivity index (χ3v) is 3.72. The van der Waals surface area contributed by atoms with Gasteiger partial charge in [-0.05, 0) is 43.0 Å². The van der Waals surface area contributed by atoms with E-state index in [-0.39, 0.29) is 0 Å². The first kappa shape index (κ1) is 11.2. The molecular formula is C13H17BrO. The smallest absolute Gasteiger partial charge is 0.0897 e. The molecule has 1 nitrogen and oxygen atoms in total. The van der Waals surface area contributed by atoms with E-state index in [9.17, 15) is 5.11 Å². The highest BCUT2D eigenvalue weighted by molar-refractivity contribution is 9.10. The van der Waals surface area contributed by atoms with E-state index in [0.717, 1.165) is 35.7 Å². The summed E-state index contributed by atoms with van der Waals surface area (Å²) in [5, 5.41) is 10.6. The third kappa shape index (κ3) is 2.43. The zero-order valence-electron chi connectivity index (χ0n) is 9.09. The maximum Gasteiger partial charge on any atom is 0.0897 e. The maximum absolute atomic E-state index is 10.6. The number of halogens is 1. The van der Waals surface area contributed by atoms with Crippen LogP contribution >= 0.6 is 15.9 Å². The molecule has 1 aromatic carbocycles. The van der Waals surface area contributed by atoms with Crippen molar-refractivity contribution in [2.45, 2.75) is 44.6 Å². The van der Waals surface area contributed by atoms with Crippen LogP contribution in [0.25, 0.3) is 0 Å². The van der Waals surface area contributed by atoms with E-state index in [4.69, 9.17) is 0 Å². The van der Waals surface area contributed by atoms with Crippen LogP contribution in [0.1, 0.15) is 43.2 Å². The molecule has 1 N–H and O–H groups in total. The fraction of sp³-hybridized carbons (Fsp3) is 0.538. The van der Waals surface area contributed by atoms with E-state index in [1.807, 2.05) is 0 Å². The Balaban J connectivity index is 2.34. The van der Waals surface area contributed by atoms with Gasteiger partial charge in [0.1, 0.15) is 0 Å². The molecular weight excluding hydrogens is 252 g/mol. The van der Waals surface area contributed by atoms with Gasteiger partial charge in [-0.3, -0.25) is 0 Å². The zero-order valence-corrected chi connectivity index (χ0v) is 10.7. The fourth-order valence-electron chi connectivity index (χ4n) is 2.43. The van der Waals surface area contributed by atoms with Crippen molar-refractivity contribution in [3.05, 3.63) is 33.8 Å². The summed E-state index contributed by atoms with van der Waals surface area (Å²) in [7, 11) is 0. The normalized spacial score (nSPS) is 20.2. The first-order chi connectivity index (χ1) is 7.10. The van der Waals surface area contributed by atoms with Crippen LogP contribution in [-0.4, -0.2) is 5.11 Å². The molecule has 1 aliphatic carbocycles. The van der Waals surface area contributed by atoms with E-state index < -0.39 is 5.60 Å². The average molecular weight is 269 g/mol. The Morgan fingerprint density at radius 2 is 1.80 bits per heavy atom. The second kappa shape index (κ2) is 4.26. The number of aliphatic hydroxyl groups is 1. The molecule has 0 radical (unpaired) electrons. The Bertz CT molecular complexity index is 333. The predicted molar refractivity (Wildman–Crippen MR) is 65.9 cm³/mol. The van der Waals surface area contributed by atoms with Crippen molar-refractivity contribution in [2.24, 2.45) is 0 Å². The Morgan fingerprint density at radius 3 is 2.40 bits per heavy atom. The van der Waals surface area contributed by atoms with Crippen LogP contribution in [-0.2, 0) is 5.60 Å². The molecule has 0 aromatic heterocycles. The van der Waals surface area contributed by atoms with Gasteiger partial charge in [0, 0.05) is 4.47 Å². The number of hydrogen-bond donors (Lipinski definition) is 1. The maximum atomic E-state index is 10.6. The largest absolute Gasteiger partial charge is 0.385 e. The molecule has 15 heavy (non-hydrogen) atoms. The zero-order chi connectivity index (χ0) is 10.9. The molecule has 2 rings (SSSR count). The summed E-state index contributed by atoms with van der Waals surface area (Å²) in [5.74, 6) is 0. The van der Waals surface area contributed by atoms with Crippen LogP contribution < -0.4 is 0 Å². The molecule has 1 aromatic rings. The lowest BCUT2D eigenvalue weighted by atomic mass is 9.79. The van der Waals surface area contributed by atoms with Gasteiger partial charge in [-0.1, -0.05) is 41.3 Å². The fourth-order valence-corrected chi connectivity index (χ4v) is 3.04. The number of rotatable bonds is 1. The molecule has 1 aliphatic rings. The molecule has 0 aliphatic heterocycles. The van der Waals surface area contributed by atoms with Gasteiger partial charge in [0.05, 0.1) is 5.60 Å². The van der Waals surface area contributed by atoms with Crippen LogP contribution in [0.3, 0.4) is 0 Å².